The van der Waals surface area contributed by atoms with E-state index in [-0.39, 0.29) is 9.87 Å². The number of hydrogen-bond acceptors (Lipinski definition) is 5. The predicted octanol–water partition coefficient (Wildman–Crippen LogP) is 5.40. The number of halogens is 4. The van der Waals surface area contributed by atoms with Gasteiger partial charge in [-0.05, 0) is 54.6 Å². The summed E-state index contributed by atoms with van der Waals surface area (Å²) in [5, 5.41) is 4.57. The molecule has 0 saturated carbocycles. The molecule has 0 bridgehead atoms. The van der Waals surface area contributed by atoms with Crippen LogP contribution in [0.15, 0.2) is 72.8 Å². The van der Waals surface area contributed by atoms with Gasteiger partial charge in [0.25, 0.3) is 5.91 Å². The first-order chi connectivity index (χ1) is 16.4. The molecule has 0 saturated heterocycles. The fraction of sp³-hybridized carbons (Fsp3) is 0.0909. The van der Waals surface area contributed by atoms with E-state index in [1.807, 2.05) is 0 Å². The Morgan fingerprint density at radius 3 is 2.03 bits per heavy atom. The minimum atomic E-state index is -4.76. The van der Waals surface area contributed by atoms with Crippen LogP contribution in [-0.2, 0) is 16.5 Å². The van der Waals surface area contributed by atoms with Crippen molar-refractivity contribution in [1.82, 2.24) is 4.31 Å². The number of nitrogens with zero attached hydrogens (tertiary/aromatic N) is 1. The van der Waals surface area contributed by atoms with Crippen molar-refractivity contribution in [1.29, 1.82) is 0 Å². The molecule has 3 rings (SSSR count). The van der Waals surface area contributed by atoms with Crippen LogP contribution in [0.3, 0.4) is 0 Å². The van der Waals surface area contributed by atoms with Gasteiger partial charge in [0.15, 0.2) is 5.75 Å². The summed E-state index contributed by atoms with van der Waals surface area (Å²) >= 11 is 5.72. The molecule has 0 aliphatic rings. The highest BCUT2D eigenvalue weighted by Crippen LogP contribution is 2.35. The first-order valence-corrected chi connectivity index (χ1v) is 11.4. The molecule has 0 heterocycles. The number of carbonyl (C=O) groups excluding carboxylic acids is 2. The van der Waals surface area contributed by atoms with E-state index in [4.69, 9.17) is 15.8 Å². The fourth-order valence-corrected chi connectivity index (χ4v) is 3.77. The van der Waals surface area contributed by atoms with Gasteiger partial charge >= 0.3 is 22.5 Å². The first-order valence-electron chi connectivity index (χ1n) is 9.69. The second-order valence-electron chi connectivity index (χ2n) is 6.98. The molecular weight excluding hydrogens is 511 g/mol. The lowest BCUT2D eigenvalue weighted by atomic mass is 10.2. The van der Waals surface area contributed by atoms with Crippen LogP contribution in [0.5, 0.6) is 5.75 Å². The molecule has 3 aromatic carbocycles. The van der Waals surface area contributed by atoms with Gasteiger partial charge in [-0.25, -0.2) is 9.10 Å². The summed E-state index contributed by atoms with van der Waals surface area (Å²) in [4.78, 5) is 24.7. The minimum absolute atomic E-state index is 0.0628. The number of amides is 3. The van der Waals surface area contributed by atoms with Crippen LogP contribution in [0.4, 0.5) is 29.3 Å². The van der Waals surface area contributed by atoms with Crippen LogP contribution in [0.25, 0.3) is 0 Å². The number of nitrogens with one attached hydrogen (secondary N) is 2. The van der Waals surface area contributed by atoms with Crippen LogP contribution in [0.1, 0.15) is 15.9 Å². The maximum absolute atomic E-state index is 12.8. The van der Waals surface area contributed by atoms with E-state index in [2.05, 4.69) is 10.6 Å². The minimum Gasteiger partial charge on any atom is -0.365 e. The molecule has 184 valence electrons. The highest BCUT2D eigenvalue weighted by Gasteiger charge is 2.32. The molecule has 0 fully saturated rings. The second kappa shape index (κ2) is 10.2. The van der Waals surface area contributed by atoms with E-state index in [0.29, 0.717) is 23.5 Å². The van der Waals surface area contributed by atoms with E-state index >= 15 is 0 Å². The Kier molecular flexibility index (Phi) is 7.56. The monoisotopic (exact) mass is 527 g/mol. The quantitative estimate of drug-likeness (QED) is 0.447. The number of para-hydroxylation sites is 1. The number of anilines is 2. The summed E-state index contributed by atoms with van der Waals surface area (Å²) in [7, 11) is -3.85. The van der Waals surface area contributed by atoms with E-state index in [9.17, 15) is 31.2 Å². The summed E-state index contributed by atoms with van der Waals surface area (Å²) in [6.45, 7) is 0. The summed E-state index contributed by atoms with van der Waals surface area (Å²) in [6.07, 6.45) is -4.68. The number of rotatable bonds is 6. The average molecular weight is 528 g/mol. The Labute approximate surface area is 203 Å². The first kappa shape index (κ1) is 25.8. The smallest absolute Gasteiger partial charge is 0.365 e. The number of carbonyl (C=O) groups is 2. The number of hydrogen-bond donors (Lipinski definition) is 2. The van der Waals surface area contributed by atoms with Crippen molar-refractivity contribution in [3.63, 3.8) is 0 Å². The van der Waals surface area contributed by atoms with E-state index in [1.165, 1.54) is 24.3 Å². The van der Waals surface area contributed by atoms with Crippen LogP contribution >= 0.6 is 11.6 Å². The van der Waals surface area contributed by atoms with Gasteiger partial charge in [-0.15, -0.1) is 0 Å². The summed E-state index contributed by atoms with van der Waals surface area (Å²) in [5.41, 5.74) is -0.264. The zero-order chi connectivity index (χ0) is 25.8. The molecule has 35 heavy (non-hydrogen) atoms. The molecule has 2 N–H and O–H groups in total. The van der Waals surface area contributed by atoms with E-state index in [1.54, 1.807) is 30.3 Å². The molecule has 13 heteroatoms. The Balaban J connectivity index is 1.66. The van der Waals surface area contributed by atoms with Crippen molar-refractivity contribution in [2.24, 2.45) is 0 Å². The van der Waals surface area contributed by atoms with Gasteiger partial charge in [0.05, 0.1) is 10.6 Å². The molecule has 0 aliphatic carbocycles. The van der Waals surface area contributed by atoms with Crippen molar-refractivity contribution in [2.75, 3.05) is 17.7 Å². The van der Waals surface area contributed by atoms with Gasteiger partial charge in [0.1, 0.15) is 0 Å². The van der Waals surface area contributed by atoms with E-state index < -0.39 is 44.8 Å². The van der Waals surface area contributed by atoms with Crippen LogP contribution in [0.2, 0.25) is 5.02 Å². The number of urea groups is 1. The Hall–Kier alpha value is -3.77. The molecule has 3 aromatic rings. The predicted molar refractivity (Wildman–Crippen MR) is 124 cm³/mol. The van der Waals surface area contributed by atoms with Crippen LogP contribution < -0.4 is 14.8 Å². The SMILES string of the molecule is CN(C(=O)c1ccc(NC(=O)Nc2ccccc2)cc1)S(=O)(=O)Oc1ccc(C(F)(F)F)cc1Cl. The topological polar surface area (TPSA) is 105 Å². The summed E-state index contributed by atoms with van der Waals surface area (Å²) in [6, 6.07) is 15.3. The highest BCUT2D eigenvalue weighted by atomic mass is 35.5. The molecule has 0 spiro atoms. The van der Waals surface area contributed by atoms with Crippen molar-refractivity contribution in [2.45, 2.75) is 6.18 Å². The van der Waals surface area contributed by atoms with Gasteiger partial charge in [-0.3, -0.25) is 4.79 Å². The van der Waals surface area contributed by atoms with Gasteiger partial charge < -0.3 is 14.8 Å². The van der Waals surface area contributed by atoms with Crippen molar-refractivity contribution >= 4 is 45.2 Å². The normalized spacial score (nSPS) is 11.5. The molecule has 8 nitrogen and oxygen atoms in total. The Bertz CT molecular complexity index is 1330. The fourth-order valence-electron chi connectivity index (χ4n) is 2.71. The van der Waals surface area contributed by atoms with Crippen LogP contribution in [0, 0.1) is 0 Å². The van der Waals surface area contributed by atoms with Crippen LogP contribution in [-0.4, -0.2) is 31.7 Å². The third kappa shape index (κ3) is 6.64. The lowest BCUT2D eigenvalue weighted by molar-refractivity contribution is -0.137. The highest BCUT2D eigenvalue weighted by molar-refractivity contribution is 7.85. The lowest BCUT2D eigenvalue weighted by Gasteiger charge is -2.18. The molecule has 0 atom stereocenters. The number of benzene rings is 3. The molecule has 0 aromatic heterocycles. The van der Waals surface area contributed by atoms with Gasteiger partial charge in [-0.1, -0.05) is 29.8 Å². The zero-order valence-corrected chi connectivity index (χ0v) is 19.4. The zero-order valence-electron chi connectivity index (χ0n) is 17.8. The largest absolute Gasteiger partial charge is 0.416 e. The molecule has 0 aliphatic heterocycles. The maximum Gasteiger partial charge on any atom is 0.416 e. The lowest BCUT2D eigenvalue weighted by Crippen LogP contribution is -2.36. The molecule has 0 radical (unpaired) electrons. The summed E-state index contributed by atoms with van der Waals surface area (Å²) in [5.74, 6) is -1.57. The maximum atomic E-state index is 12.8. The second-order valence-corrected chi connectivity index (χ2v) is 8.96. The standard InChI is InChI=1S/C22H17ClF3N3O5S/c1-29(35(32,33)34-19-12-9-15(13-18(19)23)22(24,25)26)20(30)14-7-10-17(11-8-14)28-21(31)27-16-5-3-2-4-6-16/h2-13H,1H3,(H2,27,28,31). The van der Waals surface area contributed by atoms with Crippen molar-refractivity contribution in [3.05, 3.63) is 88.9 Å². The number of alkyl halides is 3. The average Bonchev–Trinajstić information content (AvgIpc) is 2.79. The van der Waals surface area contributed by atoms with Gasteiger partial charge in [0, 0.05) is 24.0 Å². The van der Waals surface area contributed by atoms with Gasteiger partial charge in [0.2, 0.25) is 0 Å². The van der Waals surface area contributed by atoms with E-state index in [0.717, 1.165) is 13.1 Å². The molecule has 0 unspecified atom stereocenters. The van der Waals surface area contributed by atoms with Crippen molar-refractivity contribution in [3.8, 4) is 5.75 Å². The van der Waals surface area contributed by atoms with Crippen molar-refractivity contribution < 1.29 is 35.4 Å². The van der Waals surface area contributed by atoms with Gasteiger partial charge in [-0.2, -0.15) is 21.6 Å². The molecular formula is C22H17ClF3N3O5S. The summed E-state index contributed by atoms with van der Waals surface area (Å²) < 4.78 is 68.2. The Morgan fingerprint density at radius 1 is 0.914 bits per heavy atom. The third-order valence-corrected chi connectivity index (χ3v) is 6.02. The Morgan fingerprint density at radius 2 is 1.49 bits per heavy atom. The third-order valence-electron chi connectivity index (χ3n) is 4.50. The molecule has 3 amide bonds.